The van der Waals surface area contributed by atoms with Crippen LogP contribution in [0.5, 0.6) is 0 Å². The quantitative estimate of drug-likeness (QED) is 0.796. The first-order chi connectivity index (χ1) is 10.4. The highest BCUT2D eigenvalue weighted by atomic mass is 16.3. The predicted molar refractivity (Wildman–Crippen MR) is 85.6 cm³/mol. The highest BCUT2D eigenvalue weighted by Crippen LogP contribution is 2.32. The molecule has 5 nitrogen and oxygen atoms in total. The van der Waals surface area contributed by atoms with Crippen LogP contribution in [0, 0.1) is 13.8 Å². The van der Waals surface area contributed by atoms with Gasteiger partial charge in [-0.15, -0.1) is 0 Å². The lowest BCUT2D eigenvalue weighted by Gasteiger charge is -2.30. The van der Waals surface area contributed by atoms with Crippen molar-refractivity contribution in [3.63, 3.8) is 0 Å². The predicted octanol–water partition coefficient (Wildman–Crippen LogP) is 2.05. The second kappa shape index (κ2) is 6.48. The standard InChI is InChI=1S/C17H24N2O3/c1-11-7-6-8-12(2)14(11)18-16(22)17(9-4-5-10-17)19-15(21)13(3)20/h6-8,13,20H,4-5,9-10H2,1-3H3,(H,18,22)(H,19,21)/t13-/m1/s1. The molecule has 0 saturated heterocycles. The number of benzene rings is 1. The maximum atomic E-state index is 12.8. The van der Waals surface area contributed by atoms with Gasteiger partial charge in [-0.2, -0.15) is 0 Å². The fourth-order valence-electron chi connectivity index (χ4n) is 2.97. The Morgan fingerprint density at radius 2 is 1.73 bits per heavy atom. The smallest absolute Gasteiger partial charge is 0.250 e. The zero-order chi connectivity index (χ0) is 16.3. The summed E-state index contributed by atoms with van der Waals surface area (Å²) in [6, 6.07) is 5.83. The minimum absolute atomic E-state index is 0.198. The zero-order valence-electron chi connectivity index (χ0n) is 13.4. The molecule has 2 amide bonds. The van der Waals surface area contributed by atoms with E-state index in [9.17, 15) is 14.7 Å². The molecule has 0 bridgehead atoms. The second-order valence-corrected chi connectivity index (χ2v) is 6.18. The third-order valence-electron chi connectivity index (χ3n) is 4.35. The maximum absolute atomic E-state index is 12.8. The Morgan fingerprint density at radius 3 is 2.23 bits per heavy atom. The summed E-state index contributed by atoms with van der Waals surface area (Å²) in [7, 11) is 0. The number of aliphatic hydroxyl groups is 1. The number of hydrogen-bond acceptors (Lipinski definition) is 3. The molecule has 1 aliphatic carbocycles. The Morgan fingerprint density at radius 1 is 1.18 bits per heavy atom. The van der Waals surface area contributed by atoms with Crippen LogP contribution in [-0.4, -0.2) is 28.6 Å². The molecule has 22 heavy (non-hydrogen) atoms. The average molecular weight is 304 g/mol. The van der Waals surface area contributed by atoms with Gasteiger partial charge in [-0.1, -0.05) is 31.0 Å². The van der Waals surface area contributed by atoms with E-state index in [1.165, 1.54) is 6.92 Å². The number of rotatable bonds is 4. The SMILES string of the molecule is Cc1cccc(C)c1NC(=O)C1(NC(=O)[C@@H](C)O)CCCC1. The lowest BCUT2D eigenvalue weighted by atomic mass is 9.95. The number of carbonyl (C=O) groups is 2. The van der Waals surface area contributed by atoms with Crippen LogP contribution in [0.2, 0.25) is 0 Å². The molecule has 0 aliphatic heterocycles. The van der Waals surface area contributed by atoms with Gasteiger partial charge in [0.1, 0.15) is 11.6 Å². The molecule has 0 radical (unpaired) electrons. The van der Waals surface area contributed by atoms with Gasteiger partial charge in [-0.25, -0.2) is 0 Å². The maximum Gasteiger partial charge on any atom is 0.250 e. The first-order valence-electron chi connectivity index (χ1n) is 7.73. The third kappa shape index (κ3) is 3.30. The molecule has 1 aromatic rings. The summed E-state index contributed by atoms with van der Waals surface area (Å²) in [5.41, 5.74) is 1.86. The lowest BCUT2D eigenvalue weighted by Crippen LogP contribution is -2.57. The molecule has 1 aliphatic rings. The van der Waals surface area contributed by atoms with Crippen LogP contribution in [0.3, 0.4) is 0 Å². The number of anilines is 1. The molecule has 3 N–H and O–H groups in total. The van der Waals surface area contributed by atoms with Crippen LogP contribution in [0.15, 0.2) is 18.2 Å². The highest BCUT2D eigenvalue weighted by Gasteiger charge is 2.43. The highest BCUT2D eigenvalue weighted by molar-refractivity contribution is 6.02. The van der Waals surface area contributed by atoms with E-state index < -0.39 is 17.6 Å². The molecule has 0 unspecified atom stereocenters. The van der Waals surface area contributed by atoms with Gasteiger partial charge in [-0.05, 0) is 44.7 Å². The number of nitrogens with one attached hydrogen (secondary N) is 2. The molecule has 0 heterocycles. The topological polar surface area (TPSA) is 78.4 Å². The van der Waals surface area contributed by atoms with Gasteiger partial charge in [0.25, 0.3) is 0 Å². The van der Waals surface area contributed by atoms with Crippen LogP contribution in [0.4, 0.5) is 5.69 Å². The summed E-state index contributed by atoms with van der Waals surface area (Å²) in [5.74, 6) is -0.699. The van der Waals surface area contributed by atoms with Crippen molar-refractivity contribution < 1.29 is 14.7 Å². The summed E-state index contributed by atoms with van der Waals surface area (Å²) >= 11 is 0. The summed E-state index contributed by atoms with van der Waals surface area (Å²) < 4.78 is 0. The average Bonchev–Trinajstić information content (AvgIpc) is 2.92. The Labute approximate surface area is 131 Å². The molecular weight excluding hydrogens is 280 g/mol. The first kappa shape index (κ1) is 16.5. The number of aliphatic hydroxyl groups excluding tert-OH is 1. The van der Waals surface area contributed by atoms with E-state index in [0.717, 1.165) is 29.7 Å². The Hall–Kier alpha value is -1.88. The Kier molecular flexibility index (Phi) is 4.86. The normalized spacial score (nSPS) is 17.8. The molecule has 0 spiro atoms. The van der Waals surface area contributed by atoms with Crippen molar-refractivity contribution in [2.24, 2.45) is 0 Å². The summed E-state index contributed by atoms with van der Waals surface area (Å²) in [6.07, 6.45) is 1.86. The van der Waals surface area contributed by atoms with Crippen LogP contribution in [0.25, 0.3) is 0 Å². The van der Waals surface area contributed by atoms with E-state index in [1.807, 2.05) is 32.0 Å². The van der Waals surface area contributed by atoms with Gasteiger partial charge in [0.15, 0.2) is 0 Å². The van der Waals surface area contributed by atoms with Gasteiger partial charge in [0.2, 0.25) is 11.8 Å². The van der Waals surface area contributed by atoms with Gasteiger partial charge in [0, 0.05) is 5.69 Å². The fraction of sp³-hybridized carbons (Fsp3) is 0.529. The number of aryl methyl sites for hydroxylation is 2. The minimum atomic E-state index is -1.12. The van der Waals surface area contributed by atoms with Gasteiger partial charge in [0.05, 0.1) is 0 Å². The van der Waals surface area contributed by atoms with Gasteiger partial charge < -0.3 is 15.7 Å². The molecule has 1 saturated carbocycles. The van der Waals surface area contributed by atoms with Crippen molar-refractivity contribution in [2.45, 2.75) is 58.1 Å². The first-order valence-corrected chi connectivity index (χ1v) is 7.73. The van der Waals surface area contributed by atoms with E-state index in [1.54, 1.807) is 0 Å². The van der Waals surface area contributed by atoms with Crippen LogP contribution in [0.1, 0.15) is 43.7 Å². The van der Waals surface area contributed by atoms with E-state index in [0.29, 0.717) is 12.8 Å². The van der Waals surface area contributed by atoms with Crippen molar-refractivity contribution >= 4 is 17.5 Å². The summed E-state index contributed by atoms with van der Waals surface area (Å²) in [5, 5.41) is 15.1. The molecule has 120 valence electrons. The van der Waals surface area contributed by atoms with E-state index in [4.69, 9.17) is 0 Å². The van der Waals surface area contributed by atoms with Gasteiger partial charge in [-0.3, -0.25) is 9.59 Å². The van der Waals surface area contributed by atoms with E-state index in [2.05, 4.69) is 10.6 Å². The van der Waals surface area contributed by atoms with Crippen molar-refractivity contribution in [1.29, 1.82) is 0 Å². The monoisotopic (exact) mass is 304 g/mol. The molecular formula is C17H24N2O3. The fourth-order valence-corrected chi connectivity index (χ4v) is 2.97. The summed E-state index contributed by atoms with van der Waals surface area (Å²) in [4.78, 5) is 24.6. The Bertz CT molecular complexity index is 555. The lowest BCUT2D eigenvalue weighted by molar-refractivity contribution is -0.135. The largest absolute Gasteiger partial charge is 0.384 e. The van der Waals surface area contributed by atoms with Crippen molar-refractivity contribution in [1.82, 2.24) is 5.32 Å². The van der Waals surface area contributed by atoms with Crippen LogP contribution >= 0.6 is 0 Å². The Balaban J connectivity index is 2.22. The number of hydrogen-bond donors (Lipinski definition) is 3. The molecule has 0 aromatic heterocycles. The number of carbonyl (C=O) groups excluding carboxylic acids is 2. The number of para-hydroxylation sites is 1. The molecule has 1 atom stereocenters. The molecule has 1 aromatic carbocycles. The van der Waals surface area contributed by atoms with Crippen LogP contribution in [-0.2, 0) is 9.59 Å². The van der Waals surface area contributed by atoms with Crippen molar-refractivity contribution in [3.05, 3.63) is 29.3 Å². The third-order valence-corrected chi connectivity index (χ3v) is 4.35. The molecule has 2 rings (SSSR count). The molecule has 1 fully saturated rings. The van der Waals surface area contributed by atoms with E-state index >= 15 is 0 Å². The minimum Gasteiger partial charge on any atom is -0.384 e. The summed E-state index contributed by atoms with van der Waals surface area (Å²) in [6.45, 7) is 5.29. The van der Waals surface area contributed by atoms with Crippen LogP contribution < -0.4 is 10.6 Å². The zero-order valence-corrected chi connectivity index (χ0v) is 13.4. The second-order valence-electron chi connectivity index (χ2n) is 6.18. The van der Waals surface area contributed by atoms with Crippen molar-refractivity contribution in [3.8, 4) is 0 Å². The van der Waals surface area contributed by atoms with Crippen molar-refractivity contribution in [2.75, 3.05) is 5.32 Å². The molecule has 5 heteroatoms. The number of amides is 2. The van der Waals surface area contributed by atoms with E-state index in [-0.39, 0.29) is 5.91 Å². The van der Waals surface area contributed by atoms with Gasteiger partial charge >= 0.3 is 0 Å².